The van der Waals surface area contributed by atoms with Crippen LogP contribution in [0.4, 0.5) is 0 Å². The molecule has 3 aromatic rings. The fourth-order valence-corrected chi connectivity index (χ4v) is 5.08. The molecule has 3 heterocycles. The molecule has 0 unspecified atom stereocenters. The summed E-state index contributed by atoms with van der Waals surface area (Å²) in [6, 6.07) is 5.94. The molecule has 12 heteroatoms. The zero-order valence-corrected chi connectivity index (χ0v) is 16.4. The van der Waals surface area contributed by atoms with Gasteiger partial charge in [-0.05, 0) is 23.7 Å². The average molecular weight is 424 g/mol. The van der Waals surface area contributed by atoms with Crippen LogP contribution in [0.1, 0.15) is 10.4 Å². The van der Waals surface area contributed by atoms with Crippen LogP contribution in [0.25, 0.3) is 11.2 Å². The van der Waals surface area contributed by atoms with Gasteiger partial charge in [0, 0.05) is 20.6 Å². The van der Waals surface area contributed by atoms with Crippen molar-refractivity contribution in [2.24, 2.45) is 14.1 Å². The van der Waals surface area contributed by atoms with Crippen LogP contribution >= 0.6 is 11.6 Å². The average Bonchev–Trinajstić information content (AvgIpc) is 3.09. The van der Waals surface area contributed by atoms with E-state index in [0.717, 1.165) is 8.87 Å². The molecule has 1 amide bonds. The normalized spacial score (nSPS) is 15.4. The number of aromatic nitrogens is 4. The molecule has 0 radical (unpaired) electrons. The predicted octanol–water partition coefficient (Wildman–Crippen LogP) is -0.0682. The fraction of sp³-hybridized carbons (Fsp3) is 0.250. The third-order valence-corrected chi connectivity index (χ3v) is 6.87. The lowest BCUT2D eigenvalue weighted by atomic mass is 10.2. The minimum absolute atomic E-state index is 0.0520. The van der Waals surface area contributed by atoms with Crippen molar-refractivity contribution in [3.63, 3.8) is 0 Å². The van der Waals surface area contributed by atoms with Gasteiger partial charge in [0.2, 0.25) is 5.28 Å². The minimum atomic E-state index is -3.98. The van der Waals surface area contributed by atoms with Crippen LogP contribution in [0.15, 0.2) is 38.8 Å². The number of imidazole rings is 1. The van der Waals surface area contributed by atoms with Gasteiger partial charge in [-0.3, -0.25) is 18.7 Å². The molecule has 28 heavy (non-hydrogen) atoms. The lowest BCUT2D eigenvalue weighted by Gasteiger charge is -2.16. The summed E-state index contributed by atoms with van der Waals surface area (Å²) in [4.78, 5) is 41.1. The van der Waals surface area contributed by atoms with Gasteiger partial charge in [0.05, 0.1) is 12.1 Å². The van der Waals surface area contributed by atoms with Gasteiger partial charge < -0.3 is 4.57 Å². The molecule has 0 spiro atoms. The van der Waals surface area contributed by atoms with E-state index < -0.39 is 27.2 Å². The number of fused-ring (bicyclic) bond motifs is 2. The molecule has 0 aliphatic carbocycles. The summed E-state index contributed by atoms with van der Waals surface area (Å²) >= 11 is 6.13. The molecule has 0 fully saturated rings. The number of rotatable bonds is 3. The van der Waals surface area contributed by atoms with E-state index in [0.29, 0.717) is 0 Å². The van der Waals surface area contributed by atoms with Gasteiger partial charge >= 0.3 is 5.69 Å². The predicted molar refractivity (Wildman–Crippen MR) is 99.9 cm³/mol. The Morgan fingerprint density at radius 2 is 1.71 bits per heavy atom. The molecule has 0 atom stereocenters. The van der Waals surface area contributed by atoms with E-state index in [4.69, 9.17) is 11.6 Å². The topological polar surface area (TPSA) is 116 Å². The number of hydrogen-bond acceptors (Lipinski definition) is 6. The second-order valence-electron chi connectivity index (χ2n) is 6.29. The molecular formula is C16H14ClN5O5S. The SMILES string of the molecule is Cn1c(=O)c2c(nc(Cl)n2CCN2C(=O)c3ccccc3S2(=O)=O)n(C)c1=O. The molecule has 1 aliphatic heterocycles. The standard InChI is InChI=1S/C16H14ClN5O5S/c1-19-12-11(14(24)20(2)16(19)25)21(15(17)18-12)7-8-22-13(23)9-5-3-4-6-10(9)28(22,26)27/h3-6H,7-8H2,1-2H3. The number of carbonyl (C=O) groups excluding carboxylic acids is 1. The van der Waals surface area contributed by atoms with Crippen molar-refractivity contribution in [1.29, 1.82) is 0 Å². The lowest BCUT2D eigenvalue weighted by molar-refractivity contribution is 0.0868. The summed E-state index contributed by atoms with van der Waals surface area (Å²) in [5, 5.41) is -0.0881. The zero-order chi connectivity index (χ0) is 20.4. The molecule has 0 saturated carbocycles. The molecule has 0 saturated heterocycles. The van der Waals surface area contributed by atoms with Gasteiger partial charge in [-0.15, -0.1) is 0 Å². The summed E-state index contributed by atoms with van der Waals surface area (Å²) in [5.41, 5.74) is -0.946. The van der Waals surface area contributed by atoms with Crippen LogP contribution in [0, 0.1) is 0 Å². The van der Waals surface area contributed by atoms with Crippen molar-refractivity contribution < 1.29 is 13.2 Å². The maximum absolute atomic E-state index is 12.7. The zero-order valence-electron chi connectivity index (χ0n) is 14.8. The molecule has 0 N–H and O–H groups in total. The highest BCUT2D eigenvalue weighted by atomic mass is 35.5. The van der Waals surface area contributed by atoms with Gasteiger partial charge in [0.1, 0.15) is 4.90 Å². The van der Waals surface area contributed by atoms with Crippen molar-refractivity contribution >= 4 is 38.7 Å². The number of hydrogen-bond donors (Lipinski definition) is 0. The summed E-state index contributed by atoms with van der Waals surface area (Å²) in [5.74, 6) is -0.642. The monoisotopic (exact) mass is 423 g/mol. The molecule has 0 bridgehead atoms. The number of aryl methyl sites for hydroxylation is 1. The van der Waals surface area contributed by atoms with Crippen LogP contribution in [0.3, 0.4) is 0 Å². The van der Waals surface area contributed by atoms with E-state index in [1.807, 2.05) is 0 Å². The highest BCUT2D eigenvalue weighted by Crippen LogP contribution is 2.30. The Hall–Kier alpha value is -2.92. The van der Waals surface area contributed by atoms with Crippen LogP contribution in [-0.4, -0.2) is 43.9 Å². The van der Waals surface area contributed by atoms with E-state index in [1.54, 1.807) is 6.07 Å². The van der Waals surface area contributed by atoms with E-state index in [2.05, 4.69) is 4.98 Å². The van der Waals surface area contributed by atoms with Crippen LogP contribution < -0.4 is 11.2 Å². The van der Waals surface area contributed by atoms with Crippen molar-refractivity contribution in [2.75, 3.05) is 6.54 Å². The Bertz CT molecular complexity index is 1380. The molecule has 2 aromatic heterocycles. The minimum Gasteiger partial charge on any atom is -0.307 e. The Kier molecular flexibility index (Phi) is 3.98. The number of carbonyl (C=O) groups is 1. The summed E-state index contributed by atoms with van der Waals surface area (Å²) in [7, 11) is -1.21. The van der Waals surface area contributed by atoms with Crippen LogP contribution in [0.5, 0.6) is 0 Å². The highest BCUT2D eigenvalue weighted by Gasteiger charge is 2.40. The summed E-state index contributed by atoms with van der Waals surface area (Å²) in [6.45, 7) is -0.339. The first-order valence-electron chi connectivity index (χ1n) is 8.14. The van der Waals surface area contributed by atoms with E-state index in [-0.39, 0.29) is 40.0 Å². The second kappa shape index (κ2) is 6.04. The molecule has 146 valence electrons. The van der Waals surface area contributed by atoms with Gasteiger partial charge in [0.25, 0.3) is 21.5 Å². The maximum atomic E-state index is 12.7. The Morgan fingerprint density at radius 3 is 2.39 bits per heavy atom. The number of halogens is 1. The van der Waals surface area contributed by atoms with Crippen molar-refractivity contribution in [3.8, 4) is 0 Å². The van der Waals surface area contributed by atoms with E-state index >= 15 is 0 Å². The third kappa shape index (κ3) is 2.36. The van der Waals surface area contributed by atoms with E-state index in [9.17, 15) is 22.8 Å². The summed E-state index contributed by atoms with van der Waals surface area (Å²) in [6.07, 6.45) is 0. The largest absolute Gasteiger partial charge is 0.332 e. The van der Waals surface area contributed by atoms with Gasteiger partial charge in [-0.2, -0.15) is 4.98 Å². The maximum Gasteiger partial charge on any atom is 0.332 e. The molecule has 1 aromatic carbocycles. The molecule has 10 nitrogen and oxygen atoms in total. The van der Waals surface area contributed by atoms with Crippen molar-refractivity contribution in [2.45, 2.75) is 11.4 Å². The Balaban J connectivity index is 1.77. The third-order valence-electron chi connectivity index (χ3n) is 4.74. The van der Waals surface area contributed by atoms with Crippen molar-refractivity contribution in [3.05, 3.63) is 56.0 Å². The van der Waals surface area contributed by atoms with E-state index in [1.165, 1.54) is 41.4 Å². The first-order chi connectivity index (χ1) is 13.2. The van der Waals surface area contributed by atoms with Crippen molar-refractivity contribution in [1.82, 2.24) is 23.0 Å². The van der Waals surface area contributed by atoms with Gasteiger partial charge in [-0.1, -0.05) is 12.1 Å². The first kappa shape index (κ1) is 18.4. The number of sulfonamides is 1. The van der Waals surface area contributed by atoms with Crippen LogP contribution in [-0.2, 0) is 30.7 Å². The first-order valence-corrected chi connectivity index (χ1v) is 9.96. The van der Waals surface area contributed by atoms with Gasteiger partial charge in [-0.25, -0.2) is 17.5 Å². The number of nitrogens with zero attached hydrogens (tertiary/aromatic N) is 5. The highest BCUT2D eigenvalue weighted by molar-refractivity contribution is 7.90. The quantitative estimate of drug-likeness (QED) is 0.544. The molecular weight excluding hydrogens is 410 g/mol. The molecule has 4 rings (SSSR count). The van der Waals surface area contributed by atoms with Gasteiger partial charge in [0.15, 0.2) is 11.2 Å². The number of benzene rings is 1. The molecule has 1 aliphatic rings. The smallest absolute Gasteiger partial charge is 0.307 e. The second-order valence-corrected chi connectivity index (χ2v) is 8.46. The summed E-state index contributed by atoms with van der Waals surface area (Å²) < 4.78 is 29.4. The van der Waals surface area contributed by atoms with Crippen LogP contribution in [0.2, 0.25) is 5.28 Å². The fourth-order valence-electron chi connectivity index (χ4n) is 3.27. The Labute approximate surface area is 163 Å². The lowest BCUT2D eigenvalue weighted by Crippen LogP contribution is -2.38. The Morgan fingerprint density at radius 1 is 1.04 bits per heavy atom. The number of amides is 1.